The smallest absolute Gasteiger partial charge is 0.160 e. The Morgan fingerprint density at radius 3 is 2.63 bits per heavy atom. The topological polar surface area (TPSA) is 91.2 Å². The maximum atomic E-state index is 10.5. The molecule has 3 aromatic rings. The summed E-state index contributed by atoms with van der Waals surface area (Å²) in [5.74, 6) is 0.504. The predicted molar refractivity (Wildman–Crippen MR) is 116 cm³/mol. The lowest BCUT2D eigenvalue weighted by Gasteiger charge is -2.25. The summed E-state index contributed by atoms with van der Waals surface area (Å²) < 4.78 is 0. The Balaban J connectivity index is 1.50. The maximum absolute atomic E-state index is 10.5. The van der Waals surface area contributed by atoms with Crippen LogP contribution in [0.4, 0.5) is 0 Å². The van der Waals surface area contributed by atoms with Gasteiger partial charge in [0.15, 0.2) is 5.82 Å². The van der Waals surface area contributed by atoms with Crippen molar-refractivity contribution in [3.63, 3.8) is 0 Å². The molecule has 3 N–H and O–H groups in total. The largest absolute Gasteiger partial charge is 0.396 e. The number of aliphatic hydroxyl groups excluding tert-OH is 2. The summed E-state index contributed by atoms with van der Waals surface area (Å²) >= 11 is 5.97. The zero-order valence-electron chi connectivity index (χ0n) is 16.5. The summed E-state index contributed by atoms with van der Waals surface area (Å²) in [6, 6.07) is 13.5. The van der Waals surface area contributed by atoms with Gasteiger partial charge in [-0.1, -0.05) is 23.7 Å². The van der Waals surface area contributed by atoms with E-state index in [0.29, 0.717) is 30.2 Å². The van der Waals surface area contributed by atoms with Crippen LogP contribution in [0, 0.1) is 11.8 Å². The molecule has 4 rings (SSSR count). The van der Waals surface area contributed by atoms with Crippen molar-refractivity contribution in [3.8, 4) is 11.4 Å². The Morgan fingerprint density at radius 1 is 1.07 bits per heavy atom. The Bertz CT molecular complexity index is 955. The van der Waals surface area contributed by atoms with Crippen LogP contribution in [0.3, 0.4) is 0 Å². The van der Waals surface area contributed by atoms with E-state index in [2.05, 4.69) is 15.3 Å². The Morgan fingerprint density at radius 2 is 1.90 bits per heavy atom. The Labute approximate surface area is 181 Å². The van der Waals surface area contributed by atoms with Crippen molar-refractivity contribution in [2.24, 2.45) is 11.8 Å². The van der Waals surface area contributed by atoms with Gasteiger partial charge in [-0.05, 0) is 54.7 Å². The number of halogens is 1. The normalized spacial score (nSPS) is 23.6. The monoisotopic (exact) mass is 424 g/mol. The summed E-state index contributed by atoms with van der Waals surface area (Å²) in [6.45, 7) is 0.624. The number of hydrogen-bond acceptors (Lipinski definition) is 6. The molecule has 2 heterocycles. The van der Waals surface area contributed by atoms with Crippen LogP contribution in [-0.2, 0) is 13.0 Å². The quantitative estimate of drug-likeness (QED) is 0.540. The molecular formula is C23H25ClN4O2. The third kappa shape index (κ3) is 4.84. The van der Waals surface area contributed by atoms with Crippen LogP contribution in [0.15, 0.2) is 61.1 Å². The third-order valence-corrected chi connectivity index (χ3v) is 6.08. The van der Waals surface area contributed by atoms with Gasteiger partial charge in [-0.3, -0.25) is 4.98 Å². The second-order valence-electron chi connectivity index (χ2n) is 7.74. The number of hydrogen-bond donors (Lipinski definition) is 3. The van der Waals surface area contributed by atoms with Gasteiger partial charge in [0.05, 0.1) is 6.10 Å². The Kier molecular flexibility index (Phi) is 6.69. The first-order valence-corrected chi connectivity index (χ1v) is 10.5. The van der Waals surface area contributed by atoms with Crippen molar-refractivity contribution in [2.45, 2.75) is 31.5 Å². The summed E-state index contributed by atoms with van der Waals surface area (Å²) in [5.41, 5.74) is 2.88. The molecular weight excluding hydrogens is 400 g/mol. The van der Waals surface area contributed by atoms with E-state index in [4.69, 9.17) is 16.6 Å². The molecule has 6 nitrogen and oxygen atoms in total. The second kappa shape index (κ2) is 9.62. The minimum absolute atomic E-state index is 0.0501. The van der Waals surface area contributed by atoms with Gasteiger partial charge in [-0.15, -0.1) is 0 Å². The lowest BCUT2D eigenvalue weighted by Crippen LogP contribution is -2.36. The van der Waals surface area contributed by atoms with E-state index in [9.17, 15) is 10.2 Å². The molecule has 1 fully saturated rings. The number of pyridine rings is 1. The van der Waals surface area contributed by atoms with E-state index in [1.165, 1.54) is 0 Å². The molecule has 30 heavy (non-hydrogen) atoms. The molecule has 2 aromatic heterocycles. The van der Waals surface area contributed by atoms with E-state index in [-0.39, 0.29) is 24.5 Å². The molecule has 0 amide bonds. The van der Waals surface area contributed by atoms with E-state index in [0.717, 1.165) is 16.8 Å². The van der Waals surface area contributed by atoms with Gasteiger partial charge in [0.1, 0.15) is 0 Å². The van der Waals surface area contributed by atoms with Crippen LogP contribution >= 0.6 is 11.6 Å². The van der Waals surface area contributed by atoms with Gasteiger partial charge in [-0.25, -0.2) is 9.97 Å². The highest BCUT2D eigenvalue weighted by Gasteiger charge is 2.42. The zero-order valence-corrected chi connectivity index (χ0v) is 17.3. The average molecular weight is 425 g/mol. The molecule has 1 aliphatic carbocycles. The standard InChI is InChI=1S/C23H25ClN4O2/c24-17-5-3-15(4-6-17)12-27-21-11-22(30)20(14-29)19(21)10-18-7-9-26-23(28-18)16-2-1-8-25-13-16/h1-9,13,19-22,27,29-30H,10-12,14H2/t19-,20-,21-,22-/m1/s1. The van der Waals surface area contributed by atoms with E-state index in [1.807, 2.05) is 42.5 Å². The van der Waals surface area contributed by atoms with Gasteiger partial charge in [-0.2, -0.15) is 0 Å². The molecule has 0 spiro atoms. The molecule has 0 bridgehead atoms. The molecule has 7 heteroatoms. The fraction of sp³-hybridized carbons (Fsp3) is 0.348. The first-order valence-electron chi connectivity index (χ1n) is 10.1. The van der Waals surface area contributed by atoms with E-state index >= 15 is 0 Å². The van der Waals surface area contributed by atoms with Crippen LogP contribution in [0.1, 0.15) is 17.7 Å². The second-order valence-corrected chi connectivity index (χ2v) is 8.18. The summed E-state index contributed by atoms with van der Waals surface area (Å²) in [4.78, 5) is 13.2. The number of nitrogens with zero attached hydrogens (tertiary/aromatic N) is 3. The van der Waals surface area contributed by atoms with Crippen LogP contribution in [-0.4, -0.2) is 43.9 Å². The first-order chi connectivity index (χ1) is 14.6. The van der Waals surface area contributed by atoms with Gasteiger partial charge >= 0.3 is 0 Å². The lowest BCUT2D eigenvalue weighted by molar-refractivity contribution is 0.0716. The van der Waals surface area contributed by atoms with Crippen molar-refractivity contribution in [1.29, 1.82) is 0 Å². The third-order valence-electron chi connectivity index (χ3n) is 5.83. The SMILES string of the molecule is OC[C@@H]1[C@@H](Cc2ccnc(-c3cccnc3)n2)[C@H](NCc2ccc(Cl)cc2)C[C@H]1O. The molecule has 0 aliphatic heterocycles. The number of aromatic nitrogens is 3. The van der Waals surface area contributed by atoms with Crippen molar-refractivity contribution in [3.05, 3.63) is 77.3 Å². The molecule has 1 aromatic carbocycles. The van der Waals surface area contributed by atoms with Gasteiger partial charge < -0.3 is 15.5 Å². The molecule has 1 saturated carbocycles. The van der Waals surface area contributed by atoms with Gasteiger partial charge in [0, 0.05) is 60.0 Å². The minimum Gasteiger partial charge on any atom is -0.396 e. The number of nitrogens with one attached hydrogen (secondary N) is 1. The van der Waals surface area contributed by atoms with Crippen molar-refractivity contribution < 1.29 is 10.2 Å². The van der Waals surface area contributed by atoms with Crippen LogP contribution in [0.25, 0.3) is 11.4 Å². The number of aliphatic hydroxyl groups is 2. The molecule has 156 valence electrons. The number of rotatable bonds is 7. The van der Waals surface area contributed by atoms with Crippen molar-refractivity contribution >= 4 is 11.6 Å². The van der Waals surface area contributed by atoms with Crippen LogP contribution in [0.5, 0.6) is 0 Å². The van der Waals surface area contributed by atoms with Gasteiger partial charge in [0.2, 0.25) is 0 Å². The highest BCUT2D eigenvalue weighted by molar-refractivity contribution is 6.30. The maximum Gasteiger partial charge on any atom is 0.160 e. The highest BCUT2D eigenvalue weighted by atomic mass is 35.5. The molecule has 4 atom stereocenters. The first kappa shape index (κ1) is 20.9. The highest BCUT2D eigenvalue weighted by Crippen LogP contribution is 2.35. The van der Waals surface area contributed by atoms with Crippen molar-refractivity contribution in [1.82, 2.24) is 20.3 Å². The fourth-order valence-electron chi connectivity index (χ4n) is 4.22. The van der Waals surface area contributed by atoms with E-state index in [1.54, 1.807) is 18.6 Å². The predicted octanol–water partition coefficient (Wildman–Crippen LogP) is 2.88. The summed E-state index contributed by atoms with van der Waals surface area (Å²) in [6.07, 6.45) is 5.92. The molecule has 1 aliphatic rings. The molecule has 0 unspecified atom stereocenters. The van der Waals surface area contributed by atoms with E-state index < -0.39 is 6.10 Å². The summed E-state index contributed by atoms with van der Waals surface area (Å²) in [7, 11) is 0. The van der Waals surface area contributed by atoms with Crippen LogP contribution < -0.4 is 5.32 Å². The average Bonchev–Trinajstić information content (AvgIpc) is 3.08. The molecule has 0 saturated heterocycles. The minimum atomic E-state index is -0.539. The van der Waals surface area contributed by atoms with Gasteiger partial charge in [0.25, 0.3) is 0 Å². The fourth-order valence-corrected chi connectivity index (χ4v) is 4.34. The van der Waals surface area contributed by atoms with Crippen molar-refractivity contribution in [2.75, 3.05) is 6.61 Å². The Hall–Kier alpha value is -2.38. The molecule has 0 radical (unpaired) electrons. The summed E-state index contributed by atoms with van der Waals surface area (Å²) in [5, 5.41) is 24.7. The zero-order chi connectivity index (χ0) is 20.9. The van der Waals surface area contributed by atoms with Crippen LogP contribution in [0.2, 0.25) is 5.02 Å². The number of benzene rings is 1. The lowest BCUT2D eigenvalue weighted by atomic mass is 9.88.